The molecule has 8 heteroatoms. The molecule has 168 valence electrons. The Balaban J connectivity index is 1.44. The first-order valence-corrected chi connectivity index (χ1v) is 11.2. The van der Waals surface area contributed by atoms with Gasteiger partial charge in [-0.15, -0.1) is 0 Å². The number of fused-ring (bicyclic) bond motifs is 3. The van der Waals surface area contributed by atoms with Gasteiger partial charge in [-0.05, 0) is 56.3 Å². The molecular formula is C25H22Cl2N4O2. The van der Waals surface area contributed by atoms with Gasteiger partial charge in [0.2, 0.25) is 5.91 Å². The zero-order valence-corrected chi connectivity index (χ0v) is 19.7. The predicted molar refractivity (Wildman–Crippen MR) is 135 cm³/mol. The molecular weight excluding hydrogens is 459 g/mol. The molecule has 0 bridgehead atoms. The van der Waals surface area contributed by atoms with Crippen LogP contribution in [0.2, 0.25) is 10.0 Å². The van der Waals surface area contributed by atoms with E-state index < -0.39 is 5.91 Å². The van der Waals surface area contributed by atoms with Gasteiger partial charge in [0.05, 0.1) is 16.5 Å². The van der Waals surface area contributed by atoms with Gasteiger partial charge in [-0.3, -0.25) is 9.59 Å². The fraction of sp³-hybridized carbons (Fsp3) is 0.160. The lowest BCUT2D eigenvalue weighted by Crippen LogP contribution is -2.21. The largest absolute Gasteiger partial charge is 0.341 e. The predicted octanol–water partition coefficient (Wildman–Crippen LogP) is 6.26. The molecule has 2 amide bonds. The first-order valence-electron chi connectivity index (χ1n) is 10.5. The Morgan fingerprint density at radius 3 is 2.45 bits per heavy atom. The van der Waals surface area contributed by atoms with E-state index in [4.69, 9.17) is 23.2 Å². The second-order valence-corrected chi connectivity index (χ2v) is 8.45. The van der Waals surface area contributed by atoms with E-state index in [1.807, 2.05) is 30.3 Å². The van der Waals surface area contributed by atoms with Crippen LogP contribution in [0.1, 0.15) is 30.6 Å². The number of nitrogens with one attached hydrogen (secondary N) is 2. The maximum atomic E-state index is 12.5. The van der Waals surface area contributed by atoms with E-state index in [0.717, 1.165) is 22.8 Å². The number of anilines is 1. The topological polar surface area (TPSA) is 75.5 Å². The molecule has 0 unspecified atom stereocenters. The van der Waals surface area contributed by atoms with E-state index in [2.05, 4.69) is 39.5 Å². The van der Waals surface area contributed by atoms with Crippen LogP contribution in [-0.4, -0.2) is 22.1 Å². The Morgan fingerprint density at radius 2 is 1.70 bits per heavy atom. The van der Waals surface area contributed by atoms with Crippen LogP contribution < -0.4 is 10.7 Å². The number of halogens is 2. The number of amides is 2. The SMILES string of the molecule is CCn1c2ccccc2c2cc(NC(=O)C/C(C)=N\NC(=O)c3ccc(Cl)c(Cl)c3)ccc21. The summed E-state index contributed by atoms with van der Waals surface area (Å²) in [5, 5.41) is 9.81. The zero-order chi connectivity index (χ0) is 23.5. The van der Waals surface area contributed by atoms with Gasteiger partial charge in [0.25, 0.3) is 5.91 Å². The summed E-state index contributed by atoms with van der Waals surface area (Å²) < 4.78 is 2.25. The number of aryl methyl sites for hydroxylation is 1. The molecule has 0 atom stereocenters. The summed E-state index contributed by atoms with van der Waals surface area (Å²) in [6.45, 7) is 4.65. The Bertz CT molecular complexity index is 1410. The molecule has 0 spiro atoms. The highest BCUT2D eigenvalue weighted by Gasteiger charge is 2.12. The number of hydrogen-bond acceptors (Lipinski definition) is 3. The fourth-order valence-corrected chi connectivity index (χ4v) is 4.10. The molecule has 0 radical (unpaired) electrons. The summed E-state index contributed by atoms with van der Waals surface area (Å²) in [6.07, 6.45) is 0.0381. The highest BCUT2D eigenvalue weighted by Crippen LogP contribution is 2.31. The molecule has 3 aromatic carbocycles. The van der Waals surface area contributed by atoms with E-state index in [-0.39, 0.29) is 17.4 Å². The molecule has 2 N–H and O–H groups in total. The second-order valence-electron chi connectivity index (χ2n) is 7.64. The Morgan fingerprint density at radius 1 is 0.939 bits per heavy atom. The van der Waals surface area contributed by atoms with Gasteiger partial charge < -0.3 is 9.88 Å². The third-order valence-electron chi connectivity index (χ3n) is 5.32. The first kappa shape index (κ1) is 22.8. The number of aromatic nitrogens is 1. The monoisotopic (exact) mass is 480 g/mol. The number of benzene rings is 3. The van der Waals surface area contributed by atoms with Crippen molar-refractivity contribution in [2.24, 2.45) is 5.10 Å². The molecule has 0 saturated heterocycles. The van der Waals surface area contributed by atoms with E-state index in [1.54, 1.807) is 13.0 Å². The van der Waals surface area contributed by atoms with Crippen LogP contribution >= 0.6 is 23.2 Å². The minimum Gasteiger partial charge on any atom is -0.341 e. The molecule has 0 aliphatic carbocycles. The third kappa shape index (κ3) is 4.87. The third-order valence-corrected chi connectivity index (χ3v) is 6.06. The van der Waals surface area contributed by atoms with Crippen LogP contribution in [0.3, 0.4) is 0 Å². The number of hydrazone groups is 1. The van der Waals surface area contributed by atoms with Gasteiger partial charge >= 0.3 is 0 Å². The highest BCUT2D eigenvalue weighted by molar-refractivity contribution is 6.42. The molecule has 1 heterocycles. The number of carbonyl (C=O) groups excluding carboxylic acids is 2. The first-order chi connectivity index (χ1) is 15.9. The lowest BCUT2D eigenvalue weighted by molar-refractivity contribution is -0.115. The van der Waals surface area contributed by atoms with E-state index in [0.29, 0.717) is 22.0 Å². The maximum Gasteiger partial charge on any atom is 0.271 e. The normalized spacial score (nSPS) is 11.7. The van der Waals surface area contributed by atoms with Crippen LogP contribution in [0.15, 0.2) is 65.8 Å². The second kappa shape index (κ2) is 9.65. The van der Waals surface area contributed by atoms with Gasteiger partial charge in [0.1, 0.15) is 0 Å². The molecule has 33 heavy (non-hydrogen) atoms. The maximum absolute atomic E-state index is 12.5. The standard InChI is InChI=1S/C25H22Cl2N4O2/c1-3-31-22-7-5-4-6-18(22)19-14-17(9-11-23(19)31)28-24(32)12-15(2)29-30-25(33)16-8-10-20(26)21(27)13-16/h4-11,13-14H,3,12H2,1-2H3,(H,28,32)(H,30,33)/b29-15-. The van der Waals surface area contributed by atoms with Gasteiger partial charge in [-0.2, -0.15) is 5.10 Å². The van der Waals surface area contributed by atoms with Crippen molar-refractivity contribution in [1.29, 1.82) is 0 Å². The summed E-state index contributed by atoms with van der Waals surface area (Å²) in [4.78, 5) is 24.8. The number of rotatable bonds is 6. The average molecular weight is 481 g/mol. The van der Waals surface area contributed by atoms with Crippen LogP contribution in [0, 0.1) is 0 Å². The number of nitrogens with zero attached hydrogens (tertiary/aromatic N) is 2. The van der Waals surface area contributed by atoms with E-state index in [1.165, 1.54) is 17.6 Å². The number of para-hydroxylation sites is 1. The van der Waals surface area contributed by atoms with Crippen LogP contribution in [0.25, 0.3) is 21.8 Å². The van der Waals surface area contributed by atoms with Crippen molar-refractivity contribution in [3.8, 4) is 0 Å². The lowest BCUT2D eigenvalue weighted by Gasteiger charge is -2.07. The fourth-order valence-electron chi connectivity index (χ4n) is 3.80. The summed E-state index contributed by atoms with van der Waals surface area (Å²) in [7, 11) is 0. The summed E-state index contributed by atoms with van der Waals surface area (Å²) in [6, 6.07) is 18.7. The van der Waals surface area contributed by atoms with Crippen molar-refractivity contribution in [2.75, 3.05) is 5.32 Å². The van der Waals surface area contributed by atoms with E-state index in [9.17, 15) is 9.59 Å². The Hall–Kier alpha value is -3.35. The van der Waals surface area contributed by atoms with Crippen molar-refractivity contribution < 1.29 is 9.59 Å². The van der Waals surface area contributed by atoms with Gasteiger partial charge in [-0.25, -0.2) is 5.43 Å². The molecule has 0 saturated carbocycles. The quantitative estimate of drug-likeness (QED) is 0.252. The molecule has 0 aliphatic rings. The van der Waals surface area contributed by atoms with Gasteiger partial charge in [0, 0.05) is 45.3 Å². The van der Waals surface area contributed by atoms with Crippen molar-refractivity contribution >= 4 is 68.2 Å². The van der Waals surface area contributed by atoms with Crippen molar-refractivity contribution in [1.82, 2.24) is 9.99 Å². The average Bonchev–Trinajstić information content (AvgIpc) is 3.12. The molecule has 4 aromatic rings. The molecule has 4 rings (SSSR count). The molecule has 0 fully saturated rings. The Labute approximate surface area is 201 Å². The van der Waals surface area contributed by atoms with Crippen molar-refractivity contribution in [3.05, 3.63) is 76.3 Å². The number of hydrogen-bond donors (Lipinski definition) is 2. The Kier molecular flexibility index (Phi) is 6.67. The van der Waals surface area contributed by atoms with E-state index >= 15 is 0 Å². The smallest absolute Gasteiger partial charge is 0.271 e. The minimum atomic E-state index is -0.439. The van der Waals surface area contributed by atoms with Crippen LogP contribution in [0.4, 0.5) is 5.69 Å². The summed E-state index contributed by atoms with van der Waals surface area (Å²) >= 11 is 11.8. The minimum absolute atomic E-state index is 0.0381. The van der Waals surface area contributed by atoms with Crippen LogP contribution in [-0.2, 0) is 11.3 Å². The van der Waals surface area contributed by atoms with Gasteiger partial charge in [0.15, 0.2) is 0 Å². The number of carbonyl (C=O) groups is 2. The lowest BCUT2D eigenvalue weighted by atomic mass is 10.1. The summed E-state index contributed by atoms with van der Waals surface area (Å²) in [5.74, 6) is -0.662. The molecule has 6 nitrogen and oxygen atoms in total. The highest BCUT2D eigenvalue weighted by atomic mass is 35.5. The zero-order valence-electron chi connectivity index (χ0n) is 18.2. The summed E-state index contributed by atoms with van der Waals surface area (Å²) in [5.41, 5.74) is 6.22. The van der Waals surface area contributed by atoms with Gasteiger partial charge in [-0.1, -0.05) is 41.4 Å². The van der Waals surface area contributed by atoms with Crippen LogP contribution in [0.5, 0.6) is 0 Å². The molecule has 1 aromatic heterocycles. The van der Waals surface area contributed by atoms with Crippen molar-refractivity contribution in [3.63, 3.8) is 0 Å². The van der Waals surface area contributed by atoms with Crippen molar-refractivity contribution in [2.45, 2.75) is 26.8 Å². The molecule has 0 aliphatic heterocycles.